The van der Waals surface area contributed by atoms with Gasteiger partial charge in [-0.1, -0.05) is 18.6 Å². The van der Waals surface area contributed by atoms with Crippen LogP contribution in [-0.2, 0) is 11.2 Å². The highest BCUT2D eigenvalue weighted by Crippen LogP contribution is 2.34. The zero-order valence-electron chi connectivity index (χ0n) is 13.5. The van der Waals surface area contributed by atoms with E-state index in [2.05, 4.69) is 37.0 Å². The number of rotatable bonds is 6. The Morgan fingerprint density at radius 2 is 2.33 bits per heavy atom. The maximum Gasteiger partial charge on any atom is 0.222 e. The third-order valence-electron chi connectivity index (χ3n) is 4.39. The van der Waals surface area contributed by atoms with Crippen LogP contribution in [0.25, 0.3) is 0 Å². The molecule has 0 aliphatic carbocycles. The van der Waals surface area contributed by atoms with Crippen molar-refractivity contribution in [2.75, 3.05) is 13.1 Å². The van der Waals surface area contributed by atoms with Gasteiger partial charge in [-0.3, -0.25) is 9.89 Å². The van der Waals surface area contributed by atoms with Crippen molar-refractivity contribution < 1.29 is 4.79 Å². The molecule has 0 saturated carbocycles. The first-order valence-corrected chi connectivity index (χ1v) is 7.87. The van der Waals surface area contributed by atoms with Crippen molar-refractivity contribution in [2.45, 2.75) is 52.9 Å². The quantitative estimate of drug-likeness (QED) is 0.817. The summed E-state index contributed by atoms with van der Waals surface area (Å²) in [6, 6.07) is 0. The summed E-state index contributed by atoms with van der Waals surface area (Å²) in [6.45, 7) is 8.30. The maximum atomic E-state index is 12.1. The van der Waals surface area contributed by atoms with Crippen LogP contribution >= 0.6 is 0 Å². The number of piperidine rings is 1. The summed E-state index contributed by atoms with van der Waals surface area (Å²) >= 11 is 0. The molecule has 0 aromatic carbocycles. The van der Waals surface area contributed by atoms with Crippen molar-refractivity contribution >= 4 is 5.91 Å². The SMILES string of the molecule is CC(C)=CCCC1(C)CCC(=O)N(CCc2cn[nH]c2)C1. The molecule has 0 bridgehead atoms. The predicted octanol–water partition coefficient (Wildman–Crippen LogP) is 3.33. The fourth-order valence-electron chi connectivity index (χ4n) is 2.99. The minimum Gasteiger partial charge on any atom is -0.342 e. The van der Waals surface area contributed by atoms with Crippen LogP contribution in [0.15, 0.2) is 24.0 Å². The van der Waals surface area contributed by atoms with Gasteiger partial charge in [0.25, 0.3) is 0 Å². The lowest BCUT2D eigenvalue weighted by Crippen LogP contribution is -2.45. The highest BCUT2D eigenvalue weighted by atomic mass is 16.2. The van der Waals surface area contributed by atoms with Crippen molar-refractivity contribution in [3.63, 3.8) is 0 Å². The van der Waals surface area contributed by atoms with E-state index in [1.54, 1.807) is 0 Å². The van der Waals surface area contributed by atoms with Crippen molar-refractivity contribution in [2.24, 2.45) is 5.41 Å². The second kappa shape index (κ2) is 6.92. The van der Waals surface area contributed by atoms with Crippen LogP contribution in [0.5, 0.6) is 0 Å². The zero-order valence-corrected chi connectivity index (χ0v) is 13.5. The van der Waals surface area contributed by atoms with E-state index in [0.29, 0.717) is 12.3 Å². The van der Waals surface area contributed by atoms with Crippen molar-refractivity contribution in [1.82, 2.24) is 15.1 Å². The average Bonchev–Trinajstić information content (AvgIpc) is 2.93. The summed E-state index contributed by atoms with van der Waals surface area (Å²) in [5.74, 6) is 0.304. The normalized spacial score (nSPS) is 22.4. The van der Waals surface area contributed by atoms with Gasteiger partial charge in [-0.2, -0.15) is 5.10 Å². The van der Waals surface area contributed by atoms with E-state index in [-0.39, 0.29) is 5.41 Å². The number of hydrogen-bond acceptors (Lipinski definition) is 2. The first-order valence-electron chi connectivity index (χ1n) is 7.87. The maximum absolute atomic E-state index is 12.1. The largest absolute Gasteiger partial charge is 0.342 e. The van der Waals surface area contributed by atoms with Gasteiger partial charge in [0.15, 0.2) is 0 Å². The zero-order chi connectivity index (χ0) is 15.3. The van der Waals surface area contributed by atoms with Crippen LogP contribution in [0, 0.1) is 5.41 Å². The number of aromatic amines is 1. The van der Waals surface area contributed by atoms with Crippen LogP contribution in [-0.4, -0.2) is 34.1 Å². The molecule has 1 aromatic rings. The van der Waals surface area contributed by atoms with E-state index in [0.717, 1.165) is 38.8 Å². The minimum atomic E-state index is 0.260. The number of amides is 1. The number of nitrogens with zero attached hydrogens (tertiary/aromatic N) is 2. The van der Waals surface area contributed by atoms with Gasteiger partial charge >= 0.3 is 0 Å². The molecule has 1 fully saturated rings. The third kappa shape index (κ3) is 4.73. The molecule has 2 heterocycles. The Kier molecular flexibility index (Phi) is 5.21. The van der Waals surface area contributed by atoms with Crippen LogP contribution in [0.2, 0.25) is 0 Å². The molecule has 1 unspecified atom stereocenters. The number of H-pyrrole nitrogens is 1. The molecule has 0 spiro atoms. The van der Waals surface area contributed by atoms with E-state index in [4.69, 9.17) is 0 Å². The molecule has 4 nitrogen and oxygen atoms in total. The van der Waals surface area contributed by atoms with Gasteiger partial charge in [-0.15, -0.1) is 0 Å². The Hall–Kier alpha value is -1.58. The summed E-state index contributed by atoms with van der Waals surface area (Å²) < 4.78 is 0. The molecule has 1 aliphatic rings. The van der Waals surface area contributed by atoms with E-state index in [9.17, 15) is 4.79 Å². The number of carbonyl (C=O) groups is 1. The van der Waals surface area contributed by atoms with Crippen molar-refractivity contribution in [1.29, 1.82) is 0 Å². The molecular formula is C17H27N3O. The topological polar surface area (TPSA) is 49.0 Å². The summed E-state index contributed by atoms with van der Waals surface area (Å²) in [5, 5.41) is 6.78. The lowest BCUT2D eigenvalue weighted by atomic mass is 9.77. The first kappa shape index (κ1) is 15.8. The molecular weight excluding hydrogens is 262 g/mol. The van der Waals surface area contributed by atoms with E-state index < -0.39 is 0 Å². The second-order valence-corrected chi connectivity index (χ2v) is 6.80. The summed E-state index contributed by atoms with van der Waals surface area (Å²) in [6.07, 6.45) is 10.9. The number of allylic oxidation sites excluding steroid dienone is 2. The number of aromatic nitrogens is 2. The Labute approximate surface area is 127 Å². The summed E-state index contributed by atoms with van der Waals surface area (Å²) in [7, 11) is 0. The summed E-state index contributed by atoms with van der Waals surface area (Å²) in [5.41, 5.74) is 2.80. The molecule has 1 amide bonds. The fourth-order valence-corrected chi connectivity index (χ4v) is 2.99. The van der Waals surface area contributed by atoms with E-state index >= 15 is 0 Å². The molecule has 1 atom stereocenters. The van der Waals surface area contributed by atoms with Gasteiger partial charge in [-0.05, 0) is 50.5 Å². The standard InChI is InChI=1S/C17H27N3O/c1-14(2)5-4-8-17(3)9-6-16(21)20(13-17)10-7-15-11-18-19-12-15/h5,11-12H,4,6-10,13H2,1-3H3,(H,18,19). The highest BCUT2D eigenvalue weighted by molar-refractivity contribution is 5.77. The number of hydrogen-bond donors (Lipinski definition) is 1. The number of carbonyl (C=O) groups excluding carboxylic acids is 1. The molecule has 0 radical (unpaired) electrons. The van der Waals surface area contributed by atoms with Gasteiger partial charge < -0.3 is 4.90 Å². The van der Waals surface area contributed by atoms with Crippen molar-refractivity contribution in [3.8, 4) is 0 Å². The Morgan fingerprint density at radius 1 is 1.52 bits per heavy atom. The molecule has 116 valence electrons. The van der Waals surface area contributed by atoms with Gasteiger partial charge in [0.05, 0.1) is 6.20 Å². The smallest absolute Gasteiger partial charge is 0.222 e. The van der Waals surface area contributed by atoms with E-state index in [1.165, 1.54) is 11.1 Å². The van der Waals surface area contributed by atoms with Crippen molar-refractivity contribution in [3.05, 3.63) is 29.6 Å². The lowest BCUT2D eigenvalue weighted by molar-refractivity contribution is -0.137. The number of likely N-dealkylation sites (tertiary alicyclic amines) is 1. The van der Waals surface area contributed by atoms with Gasteiger partial charge in [0.1, 0.15) is 0 Å². The molecule has 4 heteroatoms. The lowest BCUT2D eigenvalue weighted by Gasteiger charge is -2.40. The summed E-state index contributed by atoms with van der Waals surface area (Å²) in [4.78, 5) is 14.2. The van der Waals surface area contributed by atoms with Gasteiger partial charge in [0.2, 0.25) is 5.91 Å². The minimum absolute atomic E-state index is 0.260. The monoisotopic (exact) mass is 289 g/mol. The molecule has 1 aromatic heterocycles. The second-order valence-electron chi connectivity index (χ2n) is 6.80. The Morgan fingerprint density at radius 3 is 3.00 bits per heavy atom. The van der Waals surface area contributed by atoms with Crippen LogP contribution in [0.3, 0.4) is 0 Å². The number of nitrogens with one attached hydrogen (secondary N) is 1. The molecule has 1 saturated heterocycles. The molecule has 2 rings (SSSR count). The predicted molar refractivity (Wildman–Crippen MR) is 84.9 cm³/mol. The Balaban J connectivity index is 1.88. The average molecular weight is 289 g/mol. The van der Waals surface area contributed by atoms with Gasteiger partial charge in [0, 0.05) is 25.7 Å². The van der Waals surface area contributed by atoms with Crippen LogP contribution in [0.1, 0.15) is 52.0 Å². The Bertz CT molecular complexity index is 488. The highest BCUT2D eigenvalue weighted by Gasteiger charge is 2.33. The molecule has 21 heavy (non-hydrogen) atoms. The van der Waals surface area contributed by atoms with Gasteiger partial charge in [-0.25, -0.2) is 0 Å². The first-order chi connectivity index (χ1) is 9.98. The third-order valence-corrected chi connectivity index (χ3v) is 4.39. The van der Waals surface area contributed by atoms with Crippen LogP contribution < -0.4 is 0 Å². The molecule has 1 aliphatic heterocycles. The van der Waals surface area contributed by atoms with E-state index in [1.807, 2.05) is 17.3 Å². The van der Waals surface area contributed by atoms with Crippen LogP contribution in [0.4, 0.5) is 0 Å². The molecule has 1 N–H and O–H groups in total. The fraction of sp³-hybridized carbons (Fsp3) is 0.647.